The van der Waals surface area contributed by atoms with Gasteiger partial charge in [-0.15, -0.1) is 0 Å². The number of aromatic amines is 1. The van der Waals surface area contributed by atoms with Gasteiger partial charge in [0.2, 0.25) is 10.0 Å². The minimum absolute atomic E-state index is 0.0433. The summed E-state index contributed by atoms with van der Waals surface area (Å²) in [6, 6.07) is 2.55. The zero-order valence-electron chi connectivity index (χ0n) is 11.0. The van der Waals surface area contributed by atoms with E-state index in [0.717, 1.165) is 25.9 Å². The van der Waals surface area contributed by atoms with Crippen LogP contribution in [0.4, 0.5) is 5.82 Å². The summed E-state index contributed by atoms with van der Waals surface area (Å²) in [5.74, 6) is 0.172. The number of H-pyrrole nitrogens is 1. The normalized spacial score (nSPS) is 11.4. The molecule has 0 saturated heterocycles. The van der Waals surface area contributed by atoms with Crippen LogP contribution in [0, 0.1) is 0 Å². The smallest absolute Gasteiger partial charge is 0.264 e. The highest BCUT2D eigenvalue weighted by atomic mass is 32.2. The minimum atomic E-state index is -3.40. The summed E-state index contributed by atoms with van der Waals surface area (Å²) in [6.07, 6.45) is 2.45. The number of hydrogen-bond donors (Lipinski definition) is 3. The maximum absolute atomic E-state index is 11.7. The Morgan fingerprint density at radius 2 is 2.05 bits per heavy atom. The molecule has 108 valence electrons. The molecule has 8 heteroatoms. The van der Waals surface area contributed by atoms with Crippen LogP contribution in [0.15, 0.2) is 16.9 Å². The zero-order chi connectivity index (χ0) is 14.1. The van der Waals surface area contributed by atoms with Crippen molar-refractivity contribution in [2.24, 2.45) is 0 Å². The highest BCUT2D eigenvalue weighted by Crippen LogP contribution is 2.03. The first-order valence-corrected chi connectivity index (χ1v) is 7.95. The average molecular weight is 288 g/mol. The lowest BCUT2D eigenvalue weighted by atomic mass is 10.3. The lowest BCUT2D eigenvalue weighted by Gasteiger charge is -2.06. The summed E-state index contributed by atoms with van der Waals surface area (Å²) in [6.45, 7) is 3.85. The van der Waals surface area contributed by atoms with E-state index in [9.17, 15) is 13.2 Å². The standard InChI is InChI=1S/C11H20N4O3S/c1-2-7-12-8-3-4-9-19(17,18)15-10-5-6-11(16)14-13-10/h5-6,12H,2-4,7-9H2,1H3,(H,13,15)(H,14,16). The van der Waals surface area contributed by atoms with Crippen LogP contribution in [-0.2, 0) is 10.0 Å². The Bertz CT molecular complexity index is 506. The summed E-state index contributed by atoms with van der Waals surface area (Å²) in [7, 11) is -3.40. The van der Waals surface area contributed by atoms with Crippen LogP contribution in [-0.4, -0.2) is 37.5 Å². The molecule has 7 nitrogen and oxygen atoms in total. The minimum Gasteiger partial charge on any atom is -0.317 e. The molecule has 0 aliphatic heterocycles. The predicted molar refractivity (Wildman–Crippen MR) is 74.7 cm³/mol. The van der Waals surface area contributed by atoms with Crippen molar-refractivity contribution in [3.05, 3.63) is 22.5 Å². The second-order valence-corrected chi connectivity index (χ2v) is 6.03. The van der Waals surface area contributed by atoms with Gasteiger partial charge in [-0.3, -0.25) is 9.52 Å². The maximum Gasteiger partial charge on any atom is 0.264 e. The van der Waals surface area contributed by atoms with Crippen LogP contribution >= 0.6 is 0 Å². The second kappa shape index (κ2) is 7.90. The van der Waals surface area contributed by atoms with Crippen molar-refractivity contribution in [3.8, 4) is 0 Å². The fraction of sp³-hybridized carbons (Fsp3) is 0.636. The van der Waals surface area contributed by atoms with Gasteiger partial charge in [0.25, 0.3) is 5.56 Å². The van der Waals surface area contributed by atoms with Crippen LogP contribution in [0.25, 0.3) is 0 Å². The fourth-order valence-electron chi connectivity index (χ4n) is 1.46. The number of aromatic nitrogens is 2. The molecule has 3 N–H and O–H groups in total. The summed E-state index contributed by atoms with van der Waals surface area (Å²) < 4.78 is 25.7. The van der Waals surface area contributed by atoms with Gasteiger partial charge in [0.05, 0.1) is 5.75 Å². The van der Waals surface area contributed by atoms with Gasteiger partial charge in [-0.2, -0.15) is 5.10 Å². The highest BCUT2D eigenvalue weighted by molar-refractivity contribution is 7.92. The molecule has 0 amide bonds. The molecule has 1 aromatic rings. The van der Waals surface area contributed by atoms with Gasteiger partial charge >= 0.3 is 0 Å². The molecule has 0 radical (unpaired) electrons. The van der Waals surface area contributed by atoms with E-state index in [4.69, 9.17) is 0 Å². The van der Waals surface area contributed by atoms with Crippen molar-refractivity contribution in [1.29, 1.82) is 0 Å². The van der Waals surface area contributed by atoms with Gasteiger partial charge in [0.1, 0.15) is 0 Å². The zero-order valence-corrected chi connectivity index (χ0v) is 11.8. The van der Waals surface area contributed by atoms with Crippen molar-refractivity contribution in [3.63, 3.8) is 0 Å². The largest absolute Gasteiger partial charge is 0.317 e. The molecule has 19 heavy (non-hydrogen) atoms. The molecule has 0 bridgehead atoms. The monoisotopic (exact) mass is 288 g/mol. The number of hydrogen-bond acceptors (Lipinski definition) is 5. The Morgan fingerprint density at radius 1 is 1.26 bits per heavy atom. The molecule has 0 aliphatic rings. The number of nitrogens with zero attached hydrogens (tertiary/aromatic N) is 1. The lowest BCUT2D eigenvalue weighted by molar-refractivity contribution is 0.590. The SMILES string of the molecule is CCCNCCCCS(=O)(=O)Nc1ccc(=O)[nH]n1. The third kappa shape index (κ3) is 6.92. The van der Waals surface area contributed by atoms with Crippen molar-refractivity contribution >= 4 is 15.8 Å². The van der Waals surface area contributed by atoms with Gasteiger partial charge in [0.15, 0.2) is 5.82 Å². The van der Waals surface area contributed by atoms with E-state index in [2.05, 4.69) is 27.2 Å². The van der Waals surface area contributed by atoms with Crippen LogP contribution in [0.5, 0.6) is 0 Å². The van der Waals surface area contributed by atoms with Crippen LogP contribution < -0.4 is 15.6 Å². The van der Waals surface area contributed by atoms with Crippen LogP contribution in [0.3, 0.4) is 0 Å². The molecule has 0 aromatic carbocycles. The molecular weight excluding hydrogens is 268 g/mol. The van der Waals surface area contributed by atoms with Crippen molar-refractivity contribution in [1.82, 2.24) is 15.5 Å². The summed E-state index contributed by atoms with van der Waals surface area (Å²) >= 11 is 0. The summed E-state index contributed by atoms with van der Waals surface area (Å²) in [4.78, 5) is 10.8. The first kappa shape index (κ1) is 15.6. The Kier molecular flexibility index (Phi) is 6.51. The molecular formula is C11H20N4O3S. The molecule has 1 aromatic heterocycles. The third-order valence-electron chi connectivity index (χ3n) is 2.38. The second-order valence-electron chi connectivity index (χ2n) is 4.18. The quantitative estimate of drug-likeness (QED) is 0.567. The maximum atomic E-state index is 11.7. The van der Waals surface area contributed by atoms with Crippen LogP contribution in [0.1, 0.15) is 26.2 Å². The van der Waals surface area contributed by atoms with E-state index in [1.54, 1.807) is 0 Å². The molecule has 0 atom stereocenters. The van der Waals surface area contributed by atoms with Crippen LogP contribution in [0.2, 0.25) is 0 Å². The molecule has 1 heterocycles. The fourth-order valence-corrected chi connectivity index (χ4v) is 2.57. The Balaban J connectivity index is 2.32. The van der Waals surface area contributed by atoms with E-state index < -0.39 is 10.0 Å². The Labute approximate surface area is 112 Å². The Hall–Kier alpha value is -1.41. The average Bonchev–Trinajstić information content (AvgIpc) is 2.36. The third-order valence-corrected chi connectivity index (χ3v) is 3.73. The van der Waals surface area contributed by atoms with Crippen molar-refractivity contribution < 1.29 is 8.42 Å². The topological polar surface area (TPSA) is 104 Å². The number of nitrogens with one attached hydrogen (secondary N) is 3. The summed E-state index contributed by atoms with van der Waals surface area (Å²) in [5, 5.41) is 8.97. The highest BCUT2D eigenvalue weighted by Gasteiger charge is 2.10. The van der Waals surface area contributed by atoms with Crippen molar-refractivity contribution in [2.75, 3.05) is 23.6 Å². The molecule has 0 aliphatic carbocycles. The first-order valence-electron chi connectivity index (χ1n) is 6.30. The van der Waals surface area contributed by atoms with Gasteiger partial charge in [-0.05, 0) is 38.4 Å². The van der Waals surface area contributed by atoms with E-state index in [1.807, 2.05) is 0 Å². The number of unbranched alkanes of at least 4 members (excludes halogenated alkanes) is 1. The summed E-state index contributed by atoms with van der Waals surface area (Å²) in [5.41, 5.74) is -0.370. The number of sulfonamides is 1. The molecule has 0 spiro atoms. The molecule has 0 fully saturated rings. The van der Waals surface area contributed by atoms with Gasteiger partial charge in [-0.25, -0.2) is 13.5 Å². The first-order chi connectivity index (χ1) is 9.03. The number of anilines is 1. The lowest BCUT2D eigenvalue weighted by Crippen LogP contribution is -2.21. The number of rotatable bonds is 9. The molecule has 0 saturated carbocycles. The van der Waals surface area contributed by atoms with E-state index in [1.165, 1.54) is 12.1 Å². The van der Waals surface area contributed by atoms with E-state index >= 15 is 0 Å². The Morgan fingerprint density at radius 3 is 2.68 bits per heavy atom. The predicted octanol–water partition coefficient (Wildman–Crippen LogP) is 0.291. The van der Waals surface area contributed by atoms with Gasteiger partial charge in [0, 0.05) is 6.07 Å². The van der Waals surface area contributed by atoms with Gasteiger partial charge in [-0.1, -0.05) is 6.92 Å². The van der Waals surface area contributed by atoms with E-state index in [0.29, 0.717) is 6.42 Å². The van der Waals surface area contributed by atoms with Gasteiger partial charge < -0.3 is 5.32 Å². The van der Waals surface area contributed by atoms with E-state index in [-0.39, 0.29) is 17.1 Å². The van der Waals surface area contributed by atoms with Crippen molar-refractivity contribution in [2.45, 2.75) is 26.2 Å². The molecule has 0 unspecified atom stereocenters. The molecule has 1 rings (SSSR count).